The van der Waals surface area contributed by atoms with Crippen LogP contribution in [0.3, 0.4) is 0 Å². The summed E-state index contributed by atoms with van der Waals surface area (Å²) in [5, 5.41) is 2.75. The van der Waals surface area contributed by atoms with Crippen LogP contribution in [0.15, 0.2) is 24.3 Å². The number of amides is 1. The van der Waals surface area contributed by atoms with E-state index in [1.54, 1.807) is 24.3 Å². The molecule has 5 nitrogen and oxygen atoms in total. The Morgan fingerprint density at radius 1 is 1.17 bits per heavy atom. The van der Waals surface area contributed by atoms with E-state index < -0.39 is 10.0 Å². The van der Waals surface area contributed by atoms with Crippen molar-refractivity contribution in [3.63, 3.8) is 0 Å². The van der Waals surface area contributed by atoms with Crippen LogP contribution in [0.5, 0.6) is 0 Å². The highest BCUT2D eigenvalue weighted by Crippen LogP contribution is 2.15. The molecule has 0 bridgehead atoms. The van der Waals surface area contributed by atoms with Crippen LogP contribution in [-0.2, 0) is 14.8 Å². The number of nitrogens with one attached hydrogen (secondary N) is 2. The summed E-state index contributed by atoms with van der Waals surface area (Å²) >= 11 is 0. The number of hydrogen-bond acceptors (Lipinski definition) is 3. The van der Waals surface area contributed by atoms with Gasteiger partial charge in [0, 0.05) is 17.8 Å². The van der Waals surface area contributed by atoms with Crippen LogP contribution in [-0.4, -0.2) is 20.6 Å². The first kappa shape index (κ1) is 14.5. The Kier molecular flexibility index (Phi) is 4.72. The normalized spacial score (nSPS) is 11.3. The minimum atomic E-state index is -3.27. The summed E-state index contributed by atoms with van der Waals surface area (Å²) in [5.41, 5.74) is 1.12. The highest BCUT2D eigenvalue weighted by Gasteiger charge is 2.06. The molecule has 0 unspecified atom stereocenters. The molecule has 0 saturated carbocycles. The van der Waals surface area contributed by atoms with Crippen LogP contribution in [0.4, 0.5) is 11.4 Å². The molecular formula is C12H18N2O3S. The molecule has 0 aliphatic rings. The van der Waals surface area contributed by atoms with E-state index in [-0.39, 0.29) is 5.91 Å². The summed E-state index contributed by atoms with van der Waals surface area (Å²) in [6.45, 7) is 3.94. The number of benzene rings is 1. The summed E-state index contributed by atoms with van der Waals surface area (Å²) in [6.07, 6.45) is 1.55. The third kappa shape index (κ3) is 5.67. The second kappa shape index (κ2) is 5.86. The minimum absolute atomic E-state index is 0.0474. The third-order valence-electron chi connectivity index (χ3n) is 2.07. The van der Waals surface area contributed by atoms with Crippen LogP contribution in [0, 0.1) is 5.92 Å². The van der Waals surface area contributed by atoms with Gasteiger partial charge in [-0.15, -0.1) is 0 Å². The summed E-state index contributed by atoms with van der Waals surface area (Å²) in [7, 11) is -3.27. The Balaban J connectivity index is 2.63. The fourth-order valence-electron chi connectivity index (χ4n) is 1.42. The second-order valence-corrected chi connectivity index (χ2v) is 6.35. The van der Waals surface area contributed by atoms with E-state index in [2.05, 4.69) is 10.0 Å². The maximum absolute atomic E-state index is 11.5. The smallest absolute Gasteiger partial charge is 0.229 e. The number of hydrogen-bond donors (Lipinski definition) is 2. The summed E-state index contributed by atoms with van der Waals surface area (Å²) in [5.74, 6) is 0.255. The van der Waals surface area contributed by atoms with Gasteiger partial charge in [-0.3, -0.25) is 9.52 Å². The Morgan fingerprint density at radius 2 is 1.67 bits per heavy atom. The van der Waals surface area contributed by atoms with E-state index in [0.29, 0.717) is 23.7 Å². The Hall–Kier alpha value is -1.56. The van der Waals surface area contributed by atoms with E-state index >= 15 is 0 Å². The van der Waals surface area contributed by atoms with E-state index in [1.165, 1.54) is 0 Å². The molecule has 1 rings (SSSR count). The lowest BCUT2D eigenvalue weighted by molar-refractivity contribution is -0.116. The zero-order chi connectivity index (χ0) is 13.8. The number of carbonyl (C=O) groups is 1. The molecule has 18 heavy (non-hydrogen) atoms. The van der Waals surface area contributed by atoms with Crippen LogP contribution >= 0.6 is 0 Å². The van der Waals surface area contributed by atoms with Gasteiger partial charge in [-0.1, -0.05) is 13.8 Å². The lowest BCUT2D eigenvalue weighted by Crippen LogP contribution is -2.14. The number of sulfonamides is 1. The van der Waals surface area contributed by atoms with Gasteiger partial charge in [-0.05, 0) is 30.2 Å². The Morgan fingerprint density at radius 3 is 2.11 bits per heavy atom. The van der Waals surface area contributed by atoms with Gasteiger partial charge in [0.1, 0.15) is 0 Å². The predicted molar refractivity (Wildman–Crippen MR) is 73.0 cm³/mol. The monoisotopic (exact) mass is 270 g/mol. The molecule has 0 aromatic heterocycles. The van der Waals surface area contributed by atoms with Crippen molar-refractivity contribution in [2.24, 2.45) is 5.92 Å². The van der Waals surface area contributed by atoms with Gasteiger partial charge >= 0.3 is 0 Å². The van der Waals surface area contributed by atoms with Crippen molar-refractivity contribution in [2.45, 2.75) is 20.3 Å². The van der Waals surface area contributed by atoms with Crippen LogP contribution in [0.2, 0.25) is 0 Å². The van der Waals surface area contributed by atoms with Crippen molar-refractivity contribution in [3.8, 4) is 0 Å². The molecule has 6 heteroatoms. The van der Waals surface area contributed by atoms with Crippen molar-refractivity contribution in [1.82, 2.24) is 0 Å². The summed E-state index contributed by atoms with van der Waals surface area (Å²) in [4.78, 5) is 11.5. The molecule has 0 fully saturated rings. The molecule has 2 N–H and O–H groups in total. The van der Waals surface area contributed by atoms with Crippen molar-refractivity contribution in [1.29, 1.82) is 0 Å². The van der Waals surface area contributed by atoms with Gasteiger partial charge in [0.05, 0.1) is 6.26 Å². The van der Waals surface area contributed by atoms with E-state index in [0.717, 1.165) is 6.26 Å². The van der Waals surface area contributed by atoms with Gasteiger partial charge < -0.3 is 5.32 Å². The van der Waals surface area contributed by atoms with E-state index in [9.17, 15) is 13.2 Å². The zero-order valence-corrected chi connectivity index (χ0v) is 11.5. The first-order valence-corrected chi connectivity index (χ1v) is 7.53. The maximum Gasteiger partial charge on any atom is 0.229 e. The SMILES string of the molecule is CC(C)CC(=O)Nc1ccc(NS(C)(=O)=O)cc1. The average molecular weight is 270 g/mol. The second-order valence-electron chi connectivity index (χ2n) is 4.60. The molecule has 0 aliphatic carbocycles. The molecule has 0 spiro atoms. The van der Waals surface area contributed by atoms with Crippen LogP contribution in [0.25, 0.3) is 0 Å². The Labute approximate surface area is 108 Å². The van der Waals surface area contributed by atoms with Crippen molar-refractivity contribution in [3.05, 3.63) is 24.3 Å². The fourth-order valence-corrected chi connectivity index (χ4v) is 1.98. The molecule has 100 valence electrons. The van der Waals surface area contributed by atoms with Gasteiger partial charge in [0.15, 0.2) is 0 Å². The van der Waals surface area contributed by atoms with Crippen molar-refractivity contribution in [2.75, 3.05) is 16.3 Å². The lowest BCUT2D eigenvalue weighted by atomic mass is 10.1. The quantitative estimate of drug-likeness (QED) is 0.859. The fraction of sp³-hybridized carbons (Fsp3) is 0.417. The summed E-state index contributed by atoms with van der Waals surface area (Å²) < 4.78 is 24.4. The van der Waals surface area contributed by atoms with Gasteiger partial charge in [0.2, 0.25) is 15.9 Å². The largest absolute Gasteiger partial charge is 0.326 e. The van der Waals surface area contributed by atoms with Crippen molar-refractivity contribution >= 4 is 27.3 Å². The summed E-state index contributed by atoms with van der Waals surface area (Å²) in [6, 6.07) is 6.52. The molecule has 0 heterocycles. The standard InChI is InChI=1S/C12H18N2O3S/c1-9(2)8-12(15)13-10-4-6-11(7-5-10)14-18(3,16)17/h4-7,9,14H,8H2,1-3H3,(H,13,15). The van der Waals surface area contributed by atoms with Gasteiger partial charge in [-0.2, -0.15) is 0 Å². The molecule has 1 aromatic rings. The topological polar surface area (TPSA) is 75.3 Å². The highest BCUT2D eigenvalue weighted by atomic mass is 32.2. The maximum atomic E-state index is 11.5. The first-order chi connectivity index (χ1) is 8.26. The predicted octanol–water partition coefficient (Wildman–Crippen LogP) is 2.04. The number of carbonyl (C=O) groups excluding carboxylic acids is 1. The van der Waals surface area contributed by atoms with Gasteiger partial charge in [-0.25, -0.2) is 8.42 Å². The molecule has 1 aromatic carbocycles. The van der Waals surface area contributed by atoms with E-state index in [1.807, 2.05) is 13.8 Å². The lowest BCUT2D eigenvalue weighted by Gasteiger charge is -2.08. The molecule has 0 aliphatic heterocycles. The molecule has 0 radical (unpaired) electrons. The minimum Gasteiger partial charge on any atom is -0.326 e. The van der Waals surface area contributed by atoms with Crippen LogP contribution in [0.1, 0.15) is 20.3 Å². The first-order valence-electron chi connectivity index (χ1n) is 5.64. The van der Waals surface area contributed by atoms with E-state index in [4.69, 9.17) is 0 Å². The molecular weight excluding hydrogens is 252 g/mol. The average Bonchev–Trinajstić information content (AvgIpc) is 2.17. The molecule has 1 amide bonds. The van der Waals surface area contributed by atoms with Gasteiger partial charge in [0.25, 0.3) is 0 Å². The Bertz CT molecular complexity index is 507. The van der Waals surface area contributed by atoms with Crippen molar-refractivity contribution < 1.29 is 13.2 Å². The number of rotatable bonds is 5. The molecule has 0 atom stereocenters. The third-order valence-corrected chi connectivity index (χ3v) is 2.67. The molecule has 0 saturated heterocycles. The highest BCUT2D eigenvalue weighted by molar-refractivity contribution is 7.92. The number of anilines is 2. The van der Waals surface area contributed by atoms with Crippen LogP contribution < -0.4 is 10.0 Å². The zero-order valence-electron chi connectivity index (χ0n) is 10.7.